The summed E-state index contributed by atoms with van der Waals surface area (Å²) in [6.45, 7) is 1.36. The van der Waals surface area contributed by atoms with Crippen LogP contribution in [0.15, 0.2) is 54.1 Å². The van der Waals surface area contributed by atoms with Crippen molar-refractivity contribution in [1.82, 2.24) is 5.32 Å². The van der Waals surface area contributed by atoms with Crippen molar-refractivity contribution in [2.75, 3.05) is 7.11 Å². The van der Waals surface area contributed by atoms with Crippen LogP contribution in [0.2, 0.25) is 0 Å². The molecule has 3 N–H and O–H groups in total. The number of nitrogens with one attached hydrogen (secondary N) is 1. The molecule has 0 atom stereocenters. The highest BCUT2D eigenvalue weighted by Crippen LogP contribution is 2.28. The van der Waals surface area contributed by atoms with Gasteiger partial charge in [-0.05, 0) is 41.5 Å². The van der Waals surface area contributed by atoms with Gasteiger partial charge in [-0.3, -0.25) is 9.59 Å². The summed E-state index contributed by atoms with van der Waals surface area (Å²) >= 11 is 0. The molecule has 0 saturated carbocycles. The Kier molecular flexibility index (Phi) is 7.60. The van der Waals surface area contributed by atoms with Gasteiger partial charge in [0.05, 0.1) is 7.11 Å². The van der Waals surface area contributed by atoms with Gasteiger partial charge in [0.25, 0.3) is 5.91 Å². The van der Waals surface area contributed by atoms with Crippen molar-refractivity contribution in [3.05, 3.63) is 65.3 Å². The molecular formula is C22H20N2O6. The van der Waals surface area contributed by atoms with Crippen LogP contribution in [0, 0.1) is 11.3 Å². The van der Waals surface area contributed by atoms with Crippen molar-refractivity contribution in [2.24, 2.45) is 0 Å². The molecule has 2 rings (SSSR count). The Hall–Kier alpha value is -4.25. The van der Waals surface area contributed by atoms with E-state index in [1.165, 1.54) is 44.4 Å². The number of ether oxygens (including phenoxy) is 2. The van der Waals surface area contributed by atoms with Gasteiger partial charge in [0.2, 0.25) is 0 Å². The Labute approximate surface area is 173 Å². The van der Waals surface area contributed by atoms with E-state index in [1.54, 1.807) is 24.3 Å². The second kappa shape index (κ2) is 10.3. The van der Waals surface area contributed by atoms with E-state index in [2.05, 4.69) is 5.32 Å². The predicted octanol–water partition coefficient (Wildman–Crippen LogP) is 2.81. The van der Waals surface area contributed by atoms with Crippen LogP contribution in [0.3, 0.4) is 0 Å². The molecule has 0 radical (unpaired) electrons. The Balaban J connectivity index is 2.05. The molecule has 30 heavy (non-hydrogen) atoms. The first-order valence-electron chi connectivity index (χ1n) is 8.78. The lowest BCUT2D eigenvalue weighted by molar-refractivity contribution is -0.132. The van der Waals surface area contributed by atoms with Crippen LogP contribution in [0.4, 0.5) is 0 Å². The number of esters is 1. The van der Waals surface area contributed by atoms with E-state index in [-0.39, 0.29) is 29.4 Å². The predicted molar refractivity (Wildman–Crippen MR) is 109 cm³/mol. The molecule has 0 bridgehead atoms. The van der Waals surface area contributed by atoms with Crippen molar-refractivity contribution in [1.29, 1.82) is 5.26 Å². The zero-order valence-corrected chi connectivity index (χ0v) is 16.4. The highest BCUT2D eigenvalue weighted by atomic mass is 16.6. The number of amides is 1. The van der Waals surface area contributed by atoms with Gasteiger partial charge < -0.3 is 25.0 Å². The molecule has 0 unspecified atom stereocenters. The number of phenolic OH excluding ortho intramolecular Hbond substituents is 2. The van der Waals surface area contributed by atoms with Crippen molar-refractivity contribution < 1.29 is 29.3 Å². The van der Waals surface area contributed by atoms with Gasteiger partial charge >= 0.3 is 5.97 Å². The largest absolute Gasteiger partial charge is 0.504 e. The fourth-order valence-corrected chi connectivity index (χ4v) is 2.40. The van der Waals surface area contributed by atoms with Gasteiger partial charge in [0.1, 0.15) is 11.6 Å². The first-order valence-corrected chi connectivity index (χ1v) is 8.78. The van der Waals surface area contributed by atoms with Crippen molar-refractivity contribution >= 4 is 18.0 Å². The maximum absolute atomic E-state index is 12.2. The minimum Gasteiger partial charge on any atom is -0.504 e. The third kappa shape index (κ3) is 6.14. The van der Waals surface area contributed by atoms with Crippen LogP contribution in [0.1, 0.15) is 18.1 Å². The van der Waals surface area contributed by atoms with E-state index in [1.807, 2.05) is 6.07 Å². The smallest absolute Gasteiger partial charge is 0.308 e. The first kappa shape index (κ1) is 22.0. The number of nitriles is 1. The summed E-state index contributed by atoms with van der Waals surface area (Å²) in [6, 6.07) is 10.9. The molecule has 0 heterocycles. The number of methoxy groups -OCH3 is 1. The van der Waals surface area contributed by atoms with Crippen LogP contribution in [0.25, 0.3) is 6.08 Å². The standard InChI is InChI=1S/C22H20N2O6/c1-14(25)30-20-9-7-15(11-21(20)29-2)4-3-5-17(12-23)22(28)24-13-16-6-8-18(26)19(27)10-16/h3-11,26-27H,13H2,1-2H3,(H,24,28)/b4-3+,17-5+. The summed E-state index contributed by atoms with van der Waals surface area (Å²) in [5.74, 6) is -0.952. The first-order chi connectivity index (χ1) is 14.3. The summed E-state index contributed by atoms with van der Waals surface area (Å²) in [5, 5.41) is 30.6. The summed E-state index contributed by atoms with van der Waals surface area (Å²) in [6.07, 6.45) is 4.55. The van der Waals surface area contributed by atoms with Crippen molar-refractivity contribution in [2.45, 2.75) is 13.5 Å². The molecule has 0 fully saturated rings. The molecule has 0 aliphatic rings. The number of hydrogen-bond acceptors (Lipinski definition) is 7. The molecule has 0 aromatic heterocycles. The fraction of sp³-hybridized carbons (Fsp3) is 0.136. The number of allylic oxidation sites excluding steroid dienone is 2. The van der Waals surface area contributed by atoms with Gasteiger partial charge in [-0.15, -0.1) is 0 Å². The molecular weight excluding hydrogens is 388 g/mol. The number of carbonyl (C=O) groups excluding carboxylic acids is 2. The Morgan fingerprint density at radius 3 is 2.53 bits per heavy atom. The van der Waals surface area contributed by atoms with Crippen LogP contribution >= 0.6 is 0 Å². The van der Waals surface area contributed by atoms with E-state index in [4.69, 9.17) is 9.47 Å². The summed E-state index contributed by atoms with van der Waals surface area (Å²) in [7, 11) is 1.45. The Morgan fingerprint density at radius 1 is 1.13 bits per heavy atom. The minimum absolute atomic E-state index is 0.0736. The molecule has 0 spiro atoms. The lowest BCUT2D eigenvalue weighted by Gasteiger charge is -2.08. The zero-order valence-electron chi connectivity index (χ0n) is 16.4. The number of rotatable bonds is 7. The summed E-state index contributed by atoms with van der Waals surface area (Å²) in [4.78, 5) is 23.3. The SMILES string of the molecule is COc1cc(/C=C/C=C(\C#N)C(=O)NCc2ccc(O)c(O)c2)ccc1OC(C)=O. The molecule has 1 amide bonds. The van der Waals surface area contributed by atoms with E-state index in [0.717, 1.165) is 0 Å². The third-order valence-electron chi connectivity index (χ3n) is 3.85. The summed E-state index contributed by atoms with van der Waals surface area (Å²) < 4.78 is 10.2. The number of aromatic hydroxyl groups is 2. The van der Waals surface area contributed by atoms with Gasteiger partial charge in [-0.2, -0.15) is 5.26 Å². The maximum Gasteiger partial charge on any atom is 0.308 e. The maximum atomic E-state index is 12.2. The minimum atomic E-state index is -0.586. The number of hydrogen-bond donors (Lipinski definition) is 3. The molecule has 2 aromatic carbocycles. The molecule has 154 valence electrons. The van der Waals surface area contributed by atoms with Crippen LogP contribution in [-0.4, -0.2) is 29.2 Å². The Morgan fingerprint density at radius 2 is 1.90 bits per heavy atom. The number of phenols is 2. The van der Waals surface area contributed by atoms with Crippen LogP contribution < -0.4 is 14.8 Å². The van der Waals surface area contributed by atoms with Gasteiger partial charge in [-0.25, -0.2) is 0 Å². The number of carbonyl (C=O) groups is 2. The average Bonchev–Trinajstić information content (AvgIpc) is 2.72. The zero-order chi connectivity index (χ0) is 22.1. The van der Waals surface area contributed by atoms with E-state index in [9.17, 15) is 25.1 Å². The molecule has 2 aromatic rings. The van der Waals surface area contributed by atoms with E-state index in [0.29, 0.717) is 16.9 Å². The number of nitrogens with zero attached hydrogens (tertiary/aromatic N) is 1. The summed E-state index contributed by atoms with van der Waals surface area (Å²) in [5.41, 5.74) is 1.15. The normalized spacial score (nSPS) is 11.0. The van der Waals surface area contributed by atoms with Crippen LogP contribution in [-0.2, 0) is 16.1 Å². The second-order valence-corrected chi connectivity index (χ2v) is 6.06. The van der Waals surface area contributed by atoms with E-state index >= 15 is 0 Å². The topological polar surface area (TPSA) is 129 Å². The molecule has 8 heteroatoms. The van der Waals surface area contributed by atoms with Gasteiger partial charge in [0, 0.05) is 13.5 Å². The average molecular weight is 408 g/mol. The quantitative estimate of drug-likeness (QED) is 0.160. The fourth-order valence-electron chi connectivity index (χ4n) is 2.40. The van der Waals surface area contributed by atoms with Crippen LogP contribution in [0.5, 0.6) is 23.0 Å². The number of benzene rings is 2. The monoisotopic (exact) mass is 408 g/mol. The lowest BCUT2D eigenvalue weighted by atomic mass is 10.1. The third-order valence-corrected chi connectivity index (χ3v) is 3.85. The second-order valence-electron chi connectivity index (χ2n) is 6.06. The molecule has 0 aliphatic carbocycles. The molecule has 8 nitrogen and oxygen atoms in total. The highest BCUT2D eigenvalue weighted by molar-refractivity contribution is 5.97. The van der Waals surface area contributed by atoms with Gasteiger partial charge in [0.15, 0.2) is 23.0 Å². The van der Waals surface area contributed by atoms with Crippen molar-refractivity contribution in [3.63, 3.8) is 0 Å². The highest BCUT2D eigenvalue weighted by Gasteiger charge is 2.09. The lowest BCUT2D eigenvalue weighted by Crippen LogP contribution is -2.23. The van der Waals surface area contributed by atoms with E-state index < -0.39 is 11.9 Å². The van der Waals surface area contributed by atoms with Crippen molar-refractivity contribution in [3.8, 4) is 29.1 Å². The molecule has 0 aliphatic heterocycles. The Bertz CT molecular complexity index is 1050. The van der Waals surface area contributed by atoms with Gasteiger partial charge in [-0.1, -0.05) is 24.3 Å². The molecule has 0 saturated heterocycles.